The number of carbonyl (C=O) groups excluding carboxylic acids is 1. The van der Waals surface area contributed by atoms with Gasteiger partial charge in [-0.2, -0.15) is 0 Å². The minimum absolute atomic E-state index is 0.119. The smallest absolute Gasteiger partial charge is 0.255 e. The number of amides is 1. The van der Waals surface area contributed by atoms with E-state index in [4.69, 9.17) is 0 Å². The average molecular weight is 391 g/mol. The molecule has 0 saturated carbocycles. The molecule has 30 heavy (non-hydrogen) atoms. The molecule has 0 aliphatic carbocycles. The highest BCUT2D eigenvalue weighted by atomic mass is 16.1. The molecule has 0 bridgehead atoms. The number of benzene rings is 3. The normalized spacial score (nSPS) is 11.1. The summed E-state index contributed by atoms with van der Waals surface area (Å²) in [6.45, 7) is 3.05. The van der Waals surface area contributed by atoms with Gasteiger partial charge in [0.2, 0.25) is 0 Å². The number of aryl methyl sites for hydroxylation is 1. The third-order valence-electron chi connectivity index (χ3n) is 5.49. The van der Waals surface area contributed by atoms with Crippen molar-refractivity contribution in [2.24, 2.45) is 0 Å². The van der Waals surface area contributed by atoms with Crippen molar-refractivity contribution < 1.29 is 4.79 Å². The number of hydrogen-bond donors (Lipinski definition) is 1. The van der Waals surface area contributed by atoms with E-state index in [1.54, 1.807) is 6.20 Å². The van der Waals surface area contributed by atoms with Gasteiger partial charge in [-0.05, 0) is 60.5 Å². The maximum atomic E-state index is 12.8. The number of carbonyl (C=O) groups is 1. The molecule has 5 rings (SSSR count). The van der Waals surface area contributed by atoms with Crippen molar-refractivity contribution in [3.8, 4) is 11.1 Å². The third kappa shape index (κ3) is 3.12. The highest BCUT2D eigenvalue weighted by molar-refractivity contribution is 6.11. The molecule has 0 aliphatic heterocycles. The highest BCUT2D eigenvalue weighted by Gasteiger charge is 2.12. The van der Waals surface area contributed by atoms with E-state index in [2.05, 4.69) is 58.2 Å². The molecule has 0 saturated heterocycles. The first-order valence-corrected chi connectivity index (χ1v) is 10.1. The summed E-state index contributed by atoms with van der Waals surface area (Å²) in [7, 11) is 0. The van der Waals surface area contributed by atoms with Crippen molar-refractivity contribution in [1.82, 2.24) is 9.55 Å². The lowest BCUT2D eigenvalue weighted by molar-refractivity contribution is 0.102. The van der Waals surface area contributed by atoms with E-state index in [1.165, 1.54) is 16.4 Å². The first-order valence-electron chi connectivity index (χ1n) is 10.1. The van der Waals surface area contributed by atoms with Gasteiger partial charge in [-0.3, -0.25) is 9.78 Å². The van der Waals surface area contributed by atoms with Gasteiger partial charge in [0, 0.05) is 52.0 Å². The van der Waals surface area contributed by atoms with E-state index in [0.717, 1.165) is 28.7 Å². The van der Waals surface area contributed by atoms with Crippen molar-refractivity contribution in [3.05, 3.63) is 96.8 Å². The summed E-state index contributed by atoms with van der Waals surface area (Å²) in [6, 6.07) is 26.0. The zero-order chi connectivity index (χ0) is 20.5. The topological polar surface area (TPSA) is 46.9 Å². The van der Waals surface area contributed by atoms with Crippen molar-refractivity contribution >= 4 is 33.4 Å². The second-order valence-electron chi connectivity index (χ2n) is 7.27. The predicted octanol–water partition coefficient (Wildman–Crippen LogP) is 6.13. The minimum atomic E-state index is -0.119. The van der Waals surface area contributed by atoms with E-state index >= 15 is 0 Å². The lowest BCUT2D eigenvalue weighted by Crippen LogP contribution is -2.11. The fourth-order valence-electron chi connectivity index (χ4n) is 4.02. The molecule has 0 fully saturated rings. The molecular formula is C26H21N3O. The summed E-state index contributed by atoms with van der Waals surface area (Å²) in [4.78, 5) is 16.9. The van der Waals surface area contributed by atoms with Gasteiger partial charge in [0.15, 0.2) is 0 Å². The number of nitrogens with one attached hydrogen (secondary N) is 1. The SMILES string of the molecule is CCn1c2ccccc2c2cc(NC(=O)c3ccc(-c4cccnc4)cc3)ccc21. The Hall–Kier alpha value is -3.92. The van der Waals surface area contributed by atoms with Crippen LogP contribution in [0.25, 0.3) is 32.9 Å². The van der Waals surface area contributed by atoms with Crippen molar-refractivity contribution in [1.29, 1.82) is 0 Å². The zero-order valence-electron chi connectivity index (χ0n) is 16.7. The van der Waals surface area contributed by atoms with Crippen LogP contribution in [0.2, 0.25) is 0 Å². The average Bonchev–Trinajstić information content (AvgIpc) is 3.13. The Morgan fingerprint density at radius 3 is 2.43 bits per heavy atom. The molecule has 5 aromatic rings. The molecule has 2 heterocycles. The van der Waals surface area contributed by atoms with Gasteiger partial charge in [0.05, 0.1) is 0 Å². The van der Waals surface area contributed by atoms with Crippen LogP contribution >= 0.6 is 0 Å². The third-order valence-corrected chi connectivity index (χ3v) is 5.49. The van der Waals surface area contributed by atoms with Gasteiger partial charge in [-0.1, -0.05) is 36.4 Å². The molecule has 4 nitrogen and oxygen atoms in total. The second-order valence-corrected chi connectivity index (χ2v) is 7.27. The Morgan fingerprint density at radius 1 is 0.867 bits per heavy atom. The molecule has 3 aromatic carbocycles. The summed E-state index contributed by atoms with van der Waals surface area (Å²) in [5, 5.41) is 5.39. The zero-order valence-corrected chi connectivity index (χ0v) is 16.7. The summed E-state index contributed by atoms with van der Waals surface area (Å²) in [6.07, 6.45) is 3.57. The molecule has 0 atom stereocenters. The van der Waals surface area contributed by atoms with Crippen LogP contribution < -0.4 is 5.32 Å². The second kappa shape index (κ2) is 7.48. The first-order chi connectivity index (χ1) is 14.7. The van der Waals surface area contributed by atoms with Crippen LogP contribution in [0.3, 0.4) is 0 Å². The number of fused-ring (bicyclic) bond motifs is 3. The van der Waals surface area contributed by atoms with Gasteiger partial charge >= 0.3 is 0 Å². The minimum Gasteiger partial charge on any atom is -0.341 e. The first kappa shape index (κ1) is 18.1. The summed E-state index contributed by atoms with van der Waals surface area (Å²) in [5.41, 5.74) is 5.87. The molecular weight excluding hydrogens is 370 g/mol. The number of anilines is 1. The van der Waals surface area contributed by atoms with Gasteiger partial charge in [-0.15, -0.1) is 0 Å². The van der Waals surface area contributed by atoms with Crippen molar-refractivity contribution in [2.75, 3.05) is 5.32 Å². The summed E-state index contributed by atoms with van der Waals surface area (Å²) >= 11 is 0. The van der Waals surface area contributed by atoms with E-state index in [-0.39, 0.29) is 5.91 Å². The Morgan fingerprint density at radius 2 is 1.67 bits per heavy atom. The maximum absolute atomic E-state index is 12.8. The van der Waals surface area contributed by atoms with Crippen molar-refractivity contribution in [2.45, 2.75) is 13.5 Å². The number of hydrogen-bond acceptors (Lipinski definition) is 2. The number of rotatable bonds is 4. The van der Waals surface area contributed by atoms with Crippen LogP contribution in [0.15, 0.2) is 91.3 Å². The van der Waals surface area contributed by atoms with Gasteiger partial charge in [0.1, 0.15) is 0 Å². The predicted molar refractivity (Wildman–Crippen MR) is 123 cm³/mol. The fraction of sp³-hybridized carbons (Fsp3) is 0.0769. The van der Waals surface area contributed by atoms with Crippen LogP contribution in [0.4, 0.5) is 5.69 Å². The molecule has 0 aliphatic rings. The van der Waals surface area contributed by atoms with Gasteiger partial charge < -0.3 is 9.88 Å². The molecule has 1 N–H and O–H groups in total. The number of para-hydroxylation sites is 1. The van der Waals surface area contributed by atoms with E-state index in [1.807, 2.05) is 48.7 Å². The standard InChI is InChI=1S/C26H21N3O/c1-2-29-24-8-4-3-7-22(24)23-16-21(13-14-25(23)29)28-26(30)19-11-9-18(10-12-19)20-6-5-15-27-17-20/h3-17H,2H2,1H3,(H,28,30). The van der Waals surface area contributed by atoms with Gasteiger partial charge in [-0.25, -0.2) is 0 Å². The monoisotopic (exact) mass is 391 g/mol. The quantitative estimate of drug-likeness (QED) is 0.401. The molecule has 0 spiro atoms. The number of pyridine rings is 1. The molecule has 4 heteroatoms. The lowest BCUT2D eigenvalue weighted by Gasteiger charge is -2.08. The van der Waals surface area contributed by atoms with Gasteiger partial charge in [0.25, 0.3) is 5.91 Å². The number of nitrogens with zero attached hydrogens (tertiary/aromatic N) is 2. The van der Waals surface area contributed by atoms with E-state index < -0.39 is 0 Å². The maximum Gasteiger partial charge on any atom is 0.255 e. The van der Waals surface area contributed by atoms with Crippen LogP contribution in [-0.4, -0.2) is 15.5 Å². The fourth-order valence-corrected chi connectivity index (χ4v) is 4.02. The molecule has 0 radical (unpaired) electrons. The highest BCUT2D eigenvalue weighted by Crippen LogP contribution is 2.31. The number of aromatic nitrogens is 2. The van der Waals surface area contributed by atoms with Crippen LogP contribution in [-0.2, 0) is 6.54 Å². The largest absolute Gasteiger partial charge is 0.341 e. The van der Waals surface area contributed by atoms with Crippen LogP contribution in [0, 0.1) is 0 Å². The molecule has 146 valence electrons. The Labute approximate surface area is 174 Å². The Kier molecular flexibility index (Phi) is 4.52. The molecule has 1 amide bonds. The molecule has 0 unspecified atom stereocenters. The molecule has 2 aromatic heterocycles. The van der Waals surface area contributed by atoms with E-state index in [9.17, 15) is 4.79 Å². The summed E-state index contributed by atoms with van der Waals surface area (Å²) < 4.78 is 2.30. The lowest BCUT2D eigenvalue weighted by atomic mass is 10.1. The Bertz CT molecular complexity index is 1350. The summed E-state index contributed by atoms with van der Waals surface area (Å²) in [5.74, 6) is -0.119. The Balaban J connectivity index is 1.44. The van der Waals surface area contributed by atoms with Crippen LogP contribution in [0.5, 0.6) is 0 Å². The van der Waals surface area contributed by atoms with E-state index in [0.29, 0.717) is 5.56 Å². The van der Waals surface area contributed by atoms with Crippen LogP contribution in [0.1, 0.15) is 17.3 Å². The van der Waals surface area contributed by atoms with Crippen molar-refractivity contribution in [3.63, 3.8) is 0 Å².